The van der Waals surface area contributed by atoms with Crippen molar-refractivity contribution < 1.29 is 13.2 Å². The van der Waals surface area contributed by atoms with Gasteiger partial charge in [-0.25, -0.2) is 13.4 Å². The summed E-state index contributed by atoms with van der Waals surface area (Å²) in [6.45, 7) is 4.75. The molecule has 1 saturated carbocycles. The molecule has 1 aliphatic carbocycles. The number of hydrogen-bond donors (Lipinski definition) is 0. The maximum absolute atomic E-state index is 13.1. The van der Waals surface area contributed by atoms with E-state index in [1.54, 1.807) is 42.6 Å². The van der Waals surface area contributed by atoms with Crippen LogP contribution in [0, 0.1) is 6.92 Å². The van der Waals surface area contributed by atoms with Crippen molar-refractivity contribution >= 4 is 42.6 Å². The second kappa shape index (κ2) is 9.28. The zero-order chi connectivity index (χ0) is 23.9. The Hall–Kier alpha value is -2.49. The minimum absolute atomic E-state index is 0.0623. The number of fused-ring (bicyclic) bond motifs is 1. The van der Waals surface area contributed by atoms with E-state index in [0.717, 1.165) is 49.4 Å². The highest BCUT2D eigenvalue weighted by Gasteiger charge is 2.30. The third kappa shape index (κ3) is 4.44. The van der Waals surface area contributed by atoms with E-state index in [4.69, 9.17) is 4.98 Å². The highest BCUT2D eigenvalue weighted by atomic mass is 32.2. The van der Waals surface area contributed by atoms with Gasteiger partial charge in [-0.1, -0.05) is 30.2 Å². The molecule has 0 bridgehead atoms. The van der Waals surface area contributed by atoms with E-state index in [-0.39, 0.29) is 16.8 Å². The van der Waals surface area contributed by atoms with Crippen LogP contribution in [-0.2, 0) is 10.0 Å². The minimum Gasteiger partial charge on any atom is -0.345 e. The number of carbonyl (C=O) groups excluding carboxylic acids is 1. The van der Waals surface area contributed by atoms with Gasteiger partial charge in [-0.15, -0.1) is 0 Å². The first-order valence-electron chi connectivity index (χ1n) is 11.8. The molecule has 0 N–H and O–H groups in total. The molecule has 0 atom stereocenters. The van der Waals surface area contributed by atoms with E-state index in [1.807, 2.05) is 4.90 Å². The van der Waals surface area contributed by atoms with Crippen molar-refractivity contribution in [2.24, 2.45) is 0 Å². The summed E-state index contributed by atoms with van der Waals surface area (Å²) in [6, 6.07) is 12.8. The van der Waals surface area contributed by atoms with E-state index >= 15 is 0 Å². The first kappa shape index (κ1) is 23.3. The fraction of sp³-hybridized carbons (Fsp3) is 0.440. The van der Waals surface area contributed by atoms with Crippen LogP contribution in [0.5, 0.6) is 0 Å². The van der Waals surface area contributed by atoms with Gasteiger partial charge in [0, 0.05) is 44.8 Å². The van der Waals surface area contributed by atoms with E-state index in [2.05, 4.69) is 30.0 Å². The van der Waals surface area contributed by atoms with Crippen molar-refractivity contribution in [3.8, 4) is 0 Å². The molecule has 0 spiro atoms. The lowest BCUT2D eigenvalue weighted by Crippen LogP contribution is -2.48. The van der Waals surface area contributed by atoms with Gasteiger partial charge in [0.25, 0.3) is 5.91 Å². The van der Waals surface area contributed by atoms with Gasteiger partial charge in [-0.2, -0.15) is 4.31 Å². The zero-order valence-electron chi connectivity index (χ0n) is 19.6. The number of thiazole rings is 1. The lowest BCUT2D eigenvalue weighted by Gasteiger charge is -2.34. The van der Waals surface area contributed by atoms with Crippen molar-refractivity contribution in [3.63, 3.8) is 0 Å². The number of sulfonamides is 1. The predicted octanol–water partition coefficient (Wildman–Crippen LogP) is 4.13. The number of aromatic nitrogens is 1. The molecule has 1 saturated heterocycles. The number of amides is 1. The molecular weight excluding hydrogens is 468 g/mol. The van der Waals surface area contributed by atoms with Gasteiger partial charge in [-0.3, -0.25) is 4.79 Å². The quantitative estimate of drug-likeness (QED) is 0.529. The van der Waals surface area contributed by atoms with Gasteiger partial charge in [0.2, 0.25) is 10.0 Å². The number of carbonyl (C=O) groups is 1. The first-order chi connectivity index (χ1) is 16.3. The molecule has 0 unspecified atom stereocenters. The molecule has 2 heterocycles. The van der Waals surface area contributed by atoms with Gasteiger partial charge in [0.1, 0.15) is 0 Å². The molecule has 7 nitrogen and oxygen atoms in total. The third-order valence-corrected chi connectivity index (χ3v) is 9.99. The van der Waals surface area contributed by atoms with E-state index < -0.39 is 10.0 Å². The van der Waals surface area contributed by atoms with Crippen LogP contribution in [0.25, 0.3) is 10.2 Å². The lowest BCUT2D eigenvalue weighted by molar-refractivity contribution is 0.0746. The number of nitrogens with zero attached hydrogens (tertiary/aromatic N) is 4. The predicted molar refractivity (Wildman–Crippen MR) is 136 cm³/mol. The minimum atomic E-state index is -3.55. The molecule has 9 heteroatoms. The highest BCUT2D eigenvalue weighted by molar-refractivity contribution is 7.89. The Labute approximate surface area is 205 Å². The van der Waals surface area contributed by atoms with Crippen molar-refractivity contribution in [2.75, 3.05) is 38.1 Å². The Balaban J connectivity index is 1.23. The number of aryl methyl sites for hydroxylation is 1. The van der Waals surface area contributed by atoms with Crippen LogP contribution >= 0.6 is 11.3 Å². The van der Waals surface area contributed by atoms with Gasteiger partial charge < -0.3 is 9.80 Å². The van der Waals surface area contributed by atoms with Crippen LogP contribution in [-0.4, -0.2) is 67.8 Å². The Morgan fingerprint density at radius 2 is 1.71 bits per heavy atom. The molecule has 1 amide bonds. The van der Waals surface area contributed by atoms with Crippen molar-refractivity contribution in [1.82, 2.24) is 14.2 Å². The molecule has 5 rings (SSSR count). The van der Waals surface area contributed by atoms with Gasteiger partial charge in [-0.05, 0) is 61.7 Å². The van der Waals surface area contributed by atoms with Gasteiger partial charge in [0.15, 0.2) is 5.13 Å². The van der Waals surface area contributed by atoms with Crippen molar-refractivity contribution in [2.45, 2.75) is 43.5 Å². The SMILES string of the molecule is Cc1ccc2nc(N3CCN(C(=O)c4ccc(S(=O)(=O)N(C)C5CCCC5)cc4)CC3)sc2c1. The maximum Gasteiger partial charge on any atom is 0.253 e. The standard InChI is InChI=1S/C25H30N4O3S2/c1-18-7-12-22-23(17-18)33-25(26-22)29-15-13-28(14-16-29)24(30)19-8-10-21(11-9-19)34(31,32)27(2)20-5-3-4-6-20/h7-12,17,20H,3-6,13-16H2,1-2H3. The molecule has 2 aromatic carbocycles. The monoisotopic (exact) mass is 498 g/mol. The summed E-state index contributed by atoms with van der Waals surface area (Å²) in [7, 11) is -1.88. The van der Waals surface area contributed by atoms with Gasteiger partial charge in [0.05, 0.1) is 15.1 Å². The molecule has 2 aliphatic rings. The van der Waals surface area contributed by atoms with Crippen molar-refractivity contribution in [3.05, 3.63) is 53.6 Å². The Bertz CT molecular complexity index is 1290. The van der Waals surface area contributed by atoms with Crippen LogP contribution < -0.4 is 4.90 Å². The number of hydrogen-bond acceptors (Lipinski definition) is 6. The fourth-order valence-electron chi connectivity index (χ4n) is 4.84. The third-order valence-electron chi connectivity index (χ3n) is 6.99. The molecular formula is C25H30N4O3S2. The Kier molecular flexibility index (Phi) is 6.35. The van der Waals surface area contributed by atoms with Crippen LogP contribution in [0.3, 0.4) is 0 Å². The number of benzene rings is 2. The van der Waals surface area contributed by atoms with Crippen LogP contribution in [0.4, 0.5) is 5.13 Å². The number of piperazine rings is 1. The maximum atomic E-state index is 13.1. The summed E-state index contributed by atoms with van der Waals surface area (Å²) in [5, 5.41) is 0.994. The molecule has 34 heavy (non-hydrogen) atoms. The van der Waals surface area contributed by atoms with E-state index in [0.29, 0.717) is 18.7 Å². The summed E-state index contributed by atoms with van der Waals surface area (Å²) < 4.78 is 28.6. The normalized spacial score (nSPS) is 17.7. The average Bonchev–Trinajstić information content (AvgIpc) is 3.53. The fourth-order valence-corrected chi connectivity index (χ4v) is 7.37. The first-order valence-corrected chi connectivity index (χ1v) is 14.1. The number of rotatable bonds is 5. The van der Waals surface area contributed by atoms with Crippen LogP contribution in [0.15, 0.2) is 47.4 Å². The topological polar surface area (TPSA) is 73.8 Å². The smallest absolute Gasteiger partial charge is 0.253 e. The van der Waals surface area contributed by atoms with Gasteiger partial charge >= 0.3 is 0 Å². The molecule has 3 aromatic rings. The highest BCUT2D eigenvalue weighted by Crippen LogP contribution is 2.30. The molecule has 1 aromatic heterocycles. The largest absolute Gasteiger partial charge is 0.345 e. The average molecular weight is 499 g/mol. The van der Waals surface area contributed by atoms with Crippen LogP contribution in [0.1, 0.15) is 41.6 Å². The Morgan fingerprint density at radius 3 is 2.38 bits per heavy atom. The second-order valence-corrected chi connectivity index (χ2v) is 12.2. The number of anilines is 1. The van der Waals surface area contributed by atoms with Crippen molar-refractivity contribution in [1.29, 1.82) is 0 Å². The van der Waals surface area contributed by atoms with E-state index in [1.165, 1.54) is 14.6 Å². The molecule has 2 fully saturated rings. The molecule has 0 radical (unpaired) electrons. The summed E-state index contributed by atoms with van der Waals surface area (Å²) in [5.74, 6) is -0.0623. The summed E-state index contributed by atoms with van der Waals surface area (Å²) in [5.41, 5.74) is 2.76. The lowest BCUT2D eigenvalue weighted by atomic mass is 10.2. The zero-order valence-corrected chi connectivity index (χ0v) is 21.2. The molecule has 1 aliphatic heterocycles. The summed E-state index contributed by atoms with van der Waals surface area (Å²) >= 11 is 1.69. The summed E-state index contributed by atoms with van der Waals surface area (Å²) in [6.07, 6.45) is 3.97. The second-order valence-electron chi connectivity index (χ2n) is 9.23. The Morgan fingerprint density at radius 1 is 1.03 bits per heavy atom. The summed E-state index contributed by atoms with van der Waals surface area (Å²) in [4.78, 5) is 22.1. The van der Waals surface area contributed by atoms with Crippen LogP contribution in [0.2, 0.25) is 0 Å². The van der Waals surface area contributed by atoms with E-state index in [9.17, 15) is 13.2 Å². The molecule has 180 valence electrons.